The van der Waals surface area contributed by atoms with Gasteiger partial charge in [-0.05, 0) is 25.5 Å². The number of hydrogen-bond acceptors (Lipinski definition) is 2. The Morgan fingerprint density at radius 2 is 2.06 bits per heavy atom. The van der Waals surface area contributed by atoms with Crippen molar-refractivity contribution in [1.29, 1.82) is 0 Å². The first-order chi connectivity index (χ1) is 7.49. The summed E-state index contributed by atoms with van der Waals surface area (Å²) < 4.78 is 0. The minimum Gasteiger partial charge on any atom is -0.481 e. The fourth-order valence-electron chi connectivity index (χ4n) is 1.94. The van der Waals surface area contributed by atoms with Crippen molar-refractivity contribution in [1.82, 2.24) is 0 Å². The molecule has 0 saturated carbocycles. The number of carbonyl (C=O) groups is 2. The zero-order chi connectivity index (χ0) is 11.9. The van der Waals surface area contributed by atoms with E-state index in [1.807, 2.05) is 26.0 Å². The summed E-state index contributed by atoms with van der Waals surface area (Å²) in [5, 5.41) is 10.0. The highest BCUT2D eigenvalue weighted by Gasteiger charge is 2.19. The zero-order valence-electron chi connectivity index (χ0n) is 9.07. The van der Waals surface area contributed by atoms with E-state index in [0.717, 1.165) is 11.1 Å². The Balaban J connectivity index is 2.78. The molecular formula is C12H11NO3. The third kappa shape index (κ3) is 1.62. The topological polar surface area (TPSA) is 66.7 Å². The number of aliphatic carboxylic acids is 1. The van der Waals surface area contributed by atoms with Gasteiger partial charge in [0.15, 0.2) is 0 Å². The summed E-state index contributed by atoms with van der Waals surface area (Å²) in [4.78, 5) is 26.1. The van der Waals surface area contributed by atoms with Gasteiger partial charge in [0.05, 0.1) is 11.8 Å². The molecule has 0 bridgehead atoms. The maximum Gasteiger partial charge on any atom is 0.308 e. The first kappa shape index (κ1) is 10.5. The Bertz CT molecular complexity index is 614. The maximum absolute atomic E-state index is 11.6. The van der Waals surface area contributed by atoms with Crippen LogP contribution in [0, 0.1) is 13.8 Å². The van der Waals surface area contributed by atoms with Crippen LogP contribution in [0.2, 0.25) is 0 Å². The number of carboxylic acids is 1. The van der Waals surface area contributed by atoms with Gasteiger partial charge in [-0.15, -0.1) is 0 Å². The van der Waals surface area contributed by atoms with Crippen LogP contribution >= 0.6 is 0 Å². The minimum atomic E-state index is -1.01. The molecule has 0 spiro atoms. The van der Waals surface area contributed by atoms with Crippen LogP contribution in [0.15, 0.2) is 17.1 Å². The SMILES string of the molecule is Cc1cc(C)c2c(c1)=C(CC(=O)O)C(=O)N=2. The Morgan fingerprint density at radius 3 is 2.69 bits per heavy atom. The van der Waals surface area contributed by atoms with Crippen molar-refractivity contribution in [3.63, 3.8) is 0 Å². The summed E-state index contributed by atoms with van der Waals surface area (Å²) in [6.07, 6.45) is -0.266. The average molecular weight is 217 g/mol. The summed E-state index contributed by atoms with van der Waals surface area (Å²) in [5.74, 6) is -1.43. The molecule has 4 heteroatoms. The Morgan fingerprint density at radius 1 is 1.38 bits per heavy atom. The van der Waals surface area contributed by atoms with E-state index in [0.29, 0.717) is 10.6 Å². The molecule has 0 fully saturated rings. The standard InChI is InChI=1S/C12H11NO3/c1-6-3-7(2)11-8(4-6)9(5-10(14)15)12(16)13-11/h3-4H,5H2,1-2H3,(H,14,15). The van der Waals surface area contributed by atoms with Gasteiger partial charge in [-0.25, -0.2) is 4.99 Å². The van der Waals surface area contributed by atoms with E-state index < -0.39 is 11.9 Å². The molecule has 82 valence electrons. The van der Waals surface area contributed by atoms with Crippen molar-refractivity contribution in [2.24, 2.45) is 4.99 Å². The Hall–Kier alpha value is -1.97. The van der Waals surface area contributed by atoms with Gasteiger partial charge in [0, 0.05) is 10.8 Å². The van der Waals surface area contributed by atoms with E-state index in [2.05, 4.69) is 4.99 Å². The number of hydrogen-bond donors (Lipinski definition) is 1. The number of carboxylic acid groups (broad SMARTS) is 1. The molecule has 1 aliphatic heterocycles. The maximum atomic E-state index is 11.6. The van der Waals surface area contributed by atoms with Gasteiger partial charge < -0.3 is 5.11 Å². The number of nitrogens with zero attached hydrogens (tertiary/aromatic N) is 1. The second-order valence-electron chi connectivity index (χ2n) is 3.94. The quantitative estimate of drug-likeness (QED) is 0.763. The zero-order valence-corrected chi connectivity index (χ0v) is 9.07. The Kier molecular flexibility index (Phi) is 2.34. The number of fused-ring (bicyclic) bond motifs is 1. The summed E-state index contributed by atoms with van der Waals surface area (Å²) in [6, 6.07) is 3.74. The minimum absolute atomic E-state index is 0.266. The second kappa shape index (κ2) is 3.56. The average Bonchev–Trinajstić information content (AvgIpc) is 2.45. The predicted octanol–water partition coefficient (Wildman–Crippen LogP) is 0.0886. The predicted molar refractivity (Wildman–Crippen MR) is 57.4 cm³/mol. The molecule has 1 aliphatic rings. The van der Waals surface area contributed by atoms with Crippen LogP contribution in [0.25, 0.3) is 5.57 Å². The van der Waals surface area contributed by atoms with E-state index in [1.165, 1.54) is 0 Å². The molecule has 1 heterocycles. The van der Waals surface area contributed by atoms with Gasteiger partial charge in [0.25, 0.3) is 5.91 Å². The lowest BCUT2D eigenvalue weighted by Gasteiger charge is -1.97. The van der Waals surface area contributed by atoms with Gasteiger partial charge in [0.1, 0.15) is 0 Å². The molecule has 0 saturated heterocycles. The molecule has 1 N–H and O–H groups in total. The molecule has 1 aromatic rings. The molecule has 2 rings (SSSR count). The van der Waals surface area contributed by atoms with Crippen molar-refractivity contribution in [3.05, 3.63) is 33.8 Å². The van der Waals surface area contributed by atoms with Crippen molar-refractivity contribution in [2.75, 3.05) is 0 Å². The van der Waals surface area contributed by atoms with E-state index in [1.54, 1.807) is 0 Å². The molecule has 1 amide bonds. The highest BCUT2D eigenvalue weighted by molar-refractivity contribution is 6.18. The number of carbonyl (C=O) groups excluding carboxylic acids is 1. The monoisotopic (exact) mass is 217 g/mol. The molecule has 16 heavy (non-hydrogen) atoms. The van der Waals surface area contributed by atoms with Crippen LogP contribution in [-0.2, 0) is 9.59 Å². The van der Waals surface area contributed by atoms with Gasteiger partial charge in [-0.1, -0.05) is 11.6 Å². The van der Waals surface area contributed by atoms with E-state index >= 15 is 0 Å². The lowest BCUT2D eigenvalue weighted by molar-refractivity contribution is -0.136. The van der Waals surface area contributed by atoms with E-state index in [9.17, 15) is 9.59 Å². The first-order valence-electron chi connectivity index (χ1n) is 4.94. The number of aryl methyl sites for hydroxylation is 2. The normalized spacial score (nSPS) is 13.6. The third-order valence-corrected chi connectivity index (χ3v) is 2.57. The summed E-state index contributed by atoms with van der Waals surface area (Å²) in [5.41, 5.74) is 2.20. The van der Waals surface area contributed by atoms with Crippen LogP contribution in [-0.4, -0.2) is 17.0 Å². The van der Waals surface area contributed by atoms with E-state index in [-0.39, 0.29) is 12.0 Å². The largest absolute Gasteiger partial charge is 0.481 e. The summed E-state index contributed by atoms with van der Waals surface area (Å²) in [7, 11) is 0. The van der Waals surface area contributed by atoms with E-state index in [4.69, 9.17) is 5.11 Å². The van der Waals surface area contributed by atoms with Gasteiger partial charge in [-0.3, -0.25) is 9.59 Å². The summed E-state index contributed by atoms with van der Waals surface area (Å²) in [6.45, 7) is 3.78. The molecule has 4 nitrogen and oxygen atoms in total. The molecule has 0 unspecified atom stereocenters. The third-order valence-electron chi connectivity index (χ3n) is 2.57. The second-order valence-corrected chi connectivity index (χ2v) is 3.94. The van der Waals surface area contributed by atoms with Crippen molar-refractivity contribution in [2.45, 2.75) is 20.3 Å². The van der Waals surface area contributed by atoms with Gasteiger partial charge in [0.2, 0.25) is 0 Å². The van der Waals surface area contributed by atoms with Gasteiger partial charge in [-0.2, -0.15) is 0 Å². The number of benzene rings is 1. The highest BCUT2D eigenvalue weighted by atomic mass is 16.4. The van der Waals surface area contributed by atoms with Crippen LogP contribution in [0.4, 0.5) is 0 Å². The van der Waals surface area contributed by atoms with Crippen LogP contribution in [0.3, 0.4) is 0 Å². The first-order valence-corrected chi connectivity index (χ1v) is 4.94. The smallest absolute Gasteiger partial charge is 0.308 e. The molecule has 0 aliphatic carbocycles. The molecular weight excluding hydrogens is 206 g/mol. The fraction of sp³-hybridized carbons (Fsp3) is 0.250. The summed E-state index contributed by atoms with van der Waals surface area (Å²) >= 11 is 0. The number of rotatable bonds is 2. The van der Waals surface area contributed by atoms with Crippen LogP contribution < -0.4 is 10.6 Å². The molecule has 0 radical (unpaired) electrons. The molecule has 1 aromatic carbocycles. The van der Waals surface area contributed by atoms with Crippen molar-refractivity contribution < 1.29 is 14.7 Å². The van der Waals surface area contributed by atoms with Crippen LogP contribution in [0.5, 0.6) is 0 Å². The fourth-order valence-corrected chi connectivity index (χ4v) is 1.94. The van der Waals surface area contributed by atoms with Crippen molar-refractivity contribution in [3.8, 4) is 0 Å². The van der Waals surface area contributed by atoms with Crippen LogP contribution in [0.1, 0.15) is 17.5 Å². The molecule has 0 aromatic heterocycles. The number of amides is 1. The van der Waals surface area contributed by atoms with Gasteiger partial charge >= 0.3 is 5.97 Å². The molecule has 0 atom stereocenters. The lowest BCUT2D eigenvalue weighted by atomic mass is 10.1. The lowest BCUT2D eigenvalue weighted by Crippen LogP contribution is -2.26. The Labute approximate surface area is 91.9 Å². The highest BCUT2D eigenvalue weighted by Crippen LogP contribution is 2.07. The van der Waals surface area contributed by atoms with Crippen molar-refractivity contribution >= 4 is 17.4 Å².